The van der Waals surface area contributed by atoms with E-state index in [1.165, 1.54) is 11.3 Å². The fraction of sp³-hybridized carbons (Fsp3) is 0.625. The second kappa shape index (κ2) is 5.11. The number of unbranched alkanes of at least 4 members (excludes halogenated alkanes) is 1. The average molecular weight is 187 g/mol. The molecule has 0 aliphatic rings. The molecule has 0 atom stereocenters. The number of rotatable bonds is 5. The van der Waals surface area contributed by atoms with E-state index >= 15 is 0 Å². The van der Waals surface area contributed by atoms with E-state index in [4.69, 9.17) is 4.74 Å². The van der Waals surface area contributed by atoms with Crippen LogP contribution in [0.3, 0.4) is 0 Å². The average Bonchev–Trinajstić information content (AvgIpc) is 2.46. The molecular weight excluding hydrogens is 174 g/mol. The van der Waals surface area contributed by atoms with Crippen LogP contribution in [0.25, 0.3) is 0 Å². The molecule has 0 saturated heterocycles. The molecule has 1 aromatic rings. The molecule has 0 fully saturated rings. The molecule has 0 aliphatic heterocycles. The molecule has 0 unspecified atom stereocenters. The third-order valence-electron chi connectivity index (χ3n) is 1.64. The first-order valence-electron chi connectivity index (χ1n) is 3.97. The molecule has 0 radical (unpaired) electrons. The van der Waals surface area contributed by atoms with E-state index in [0.717, 1.165) is 26.0 Å². The number of aryl methyl sites for hydroxylation is 1. The van der Waals surface area contributed by atoms with Gasteiger partial charge in [0.05, 0.1) is 0 Å². The van der Waals surface area contributed by atoms with E-state index in [1.807, 2.05) is 11.6 Å². The molecule has 1 aromatic heterocycles. The highest BCUT2D eigenvalue weighted by Crippen LogP contribution is 1.95. The SMILES string of the molecule is COCCCCn1ccsc1=O. The third-order valence-corrected chi connectivity index (χ3v) is 2.34. The molecule has 0 aliphatic carbocycles. The number of aromatic nitrogens is 1. The number of methoxy groups -OCH3 is 1. The Morgan fingerprint density at radius 2 is 2.42 bits per heavy atom. The summed E-state index contributed by atoms with van der Waals surface area (Å²) in [6.07, 6.45) is 3.85. The number of ether oxygens (including phenoxy) is 1. The first-order chi connectivity index (χ1) is 5.84. The maximum atomic E-state index is 11.0. The maximum absolute atomic E-state index is 11.0. The lowest BCUT2D eigenvalue weighted by Crippen LogP contribution is -2.11. The van der Waals surface area contributed by atoms with Crippen molar-refractivity contribution in [3.05, 3.63) is 21.2 Å². The van der Waals surface area contributed by atoms with Crippen LogP contribution in [0.1, 0.15) is 12.8 Å². The van der Waals surface area contributed by atoms with Crippen molar-refractivity contribution < 1.29 is 4.74 Å². The van der Waals surface area contributed by atoms with Gasteiger partial charge in [-0.2, -0.15) is 0 Å². The van der Waals surface area contributed by atoms with Gasteiger partial charge in [0.2, 0.25) is 0 Å². The van der Waals surface area contributed by atoms with Gasteiger partial charge >= 0.3 is 4.87 Å². The van der Waals surface area contributed by atoms with Gasteiger partial charge in [-0.15, -0.1) is 0 Å². The Balaban J connectivity index is 2.24. The summed E-state index contributed by atoms with van der Waals surface area (Å²) in [7, 11) is 1.69. The molecular formula is C8H13NO2S. The maximum Gasteiger partial charge on any atom is 0.307 e. The summed E-state index contributed by atoms with van der Waals surface area (Å²) in [6, 6.07) is 0. The Hall–Kier alpha value is -0.610. The van der Waals surface area contributed by atoms with Gasteiger partial charge in [0.25, 0.3) is 0 Å². The number of nitrogens with zero attached hydrogens (tertiary/aromatic N) is 1. The van der Waals surface area contributed by atoms with Gasteiger partial charge in [-0.3, -0.25) is 4.79 Å². The zero-order valence-corrected chi connectivity index (χ0v) is 7.97. The predicted octanol–water partition coefficient (Wildman–Crippen LogP) is 1.34. The van der Waals surface area contributed by atoms with Gasteiger partial charge in [-0.1, -0.05) is 11.3 Å². The van der Waals surface area contributed by atoms with Crippen LogP contribution in [0.5, 0.6) is 0 Å². The summed E-state index contributed by atoms with van der Waals surface area (Å²) < 4.78 is 6.64. The van der Waals surface area contributed by atoms with Gasteiger partial charge in [0.15, 0.2) is 0 Å². The van der Waals surface area contributed by atoms with E-state index in [2.05, 4.69) is 0 Å². The molecule has 0 N–H and O–H groups in total. The number of hydrogen-bond donors (Lipinski definition) is 0. The van der Waals surface area contributed by atoms with Crippen molar-refractivity contribution in [1.29, 1.82) is 0 Å². The zero-order valence-electron chi connectivity index (χ0n) is 7.16. The lowest BCUT2D eigenvalue weighted by Gasteiger charge is -1.99. The minimum atomic E-state index is 0.132. The summed E-state index contributed by atoms with van der Waals surface area (Å²) in [6.45, 7) is 1.59. The molecule has 4 heteroatoms. The van der Waals surface area contributed by atoms with E-state index in [0.29, 0.717) is 0 Å². The quantitative estimate of drug-likeness (QED) is 0.651. The van der Waals surface area contributed by atoms with Crippen LogP contribution in [0, 0.1) is 0 Å². The van der Waals surface area contributed by atoms with Crippen molar-refractivity contribution in [2.45, 2.75) is 19.4 Å². The normalized spacial score (nSPS) is 10.4. The highest BCUT2D eigenvalue weighted by Gasteiger charge is 1.94. The molecule has 1 heterocycles. The van der Waals surface area contributed by atoms with Gasteiger partial charge in [-0.25, -0.2) is 0 Å². The van der Waals surface area contributed by atoms with E-state index < -0.39 is 0 Å². The van der Waals surface area contributed by atoms with Crippen LogP contribution in [0.2, 0.25) is 0 Å². The first kappa shape index (κ1) is 9.48. The Morgan fingerprint density at radius 3 is 3.00 bits per heavy atom. The summed E-state index contributed by atoms with van der Waals surface area (Å²) >= 11 is 1.24. The van der Waals surface area contributed by atoms with E-state index in [9.17, 15) is 4.79 Å². The summed E-state index contributed by atoms with van der Waals surface area (Å²) in [4.78, 5) is 11.2. The Bertz CT molecular complexity index is 266. The standard InChI is InChI=1S/C8H13NO2S/c1-11-6-3-2-4-9-5-7-12-8(9)10/h5,7H,2-4,6H2,1H3. The minimum Gasteiger partial charge on any atom is -0.385 e. The van der Waals surface area contributed by atoms with Crippen molar-refractivity contribution in [2.75, 3.05) is 13.7 Å². The minimum absolute atomic E-state index is 0.132. The zero-order chi connectivity index (χ0) is 8.81. The fourth-order valence-electron chi connectivity index (χ4n) is 0.985. The molecule has 0 aromatic carbocycles. The molecule has 1 rings (SSSR count). The van der Waals surface area contributed by atoms with Crippen molar-refractivity contribution >= 4 is 11.3 Å². The summed E-state index contributed by atoms with van der Waals surface area (Å²) in [5, 5.41) is 1.82. The molecule has 0 saturated carbocycles. The summed E-state index contributed by atoms with van der Waals surface area (Å²) in [5.74, 6) is 0. The molecule has 12 heavy (non-hydrogen) atoms. The second-order valence-corrected chi connectivity index (χ2v) is 3.42. The van der Waals surface area contributed by atoms with Crippen molar-refractivity contribution in [3.8, 4) is 0 Å². The van der Waals surface area contributed by atoms with E-state index in [-0.39, 0.29) is 4.87 Å². The highest BCUT2D eigenvalue weighted by atomic mass is 32.1. The predicted molar refractivity (Wildman–Crippen MR) is 49.7 cm³/mol. The fourth-order valence-corrected chi connectivity index (χ4v) is 1.60. The van der Waals surface area contributed by atoms with Crippen LogP contribution in [-0.4, -0.2) is 18.3 Å². The van der Waals surface area contributed by atoms with E-state index in [1.54, 1.807) is 11.7 Å². The number of hydrogen-bond acceptors (Lipinski definition) is 3. The summed E-state index contributed by atoms with van der Waals surface area (Å²) in [5.41, 5.74) is 0. The van der Waals surface area contributed by atoms with Gasteiger partial charge < -0.3 is 9.30 Å². The first-order valence-corrected chi connectivity index (χ1v) is 4.85. The highest BCUT2D eigenvalue weighted by molar-refractivity contribution is 7.07. The van der Waals surface area contributed by atoms with Crippen LogP contribution in [-0.2, 0) is 11.3 Å². The van der Waals surface area contributed by atoms with Crippen molar-refractivity contribution in [3.63, 3.8) is 0 Å². The Labute approximate surface area is 75.6 Å². The lowest BCUT2D eigenvalue weighted by molar-refractivity contribution is 0.191. The van der Waals surface area contributed by atoms with Crippen molar-refractivity contribution in [1.82, 2.24) is 4.57 Å². The smallest absolute Gasteiger partial charge is 0.307 e. The van der Waals surface area contributed by atoms with Gasteiger partial charge in [0.1, 0.15) is 0 Å². The molecule has 0 bridgehead atoms. The molecule has 0 amide bonds. The molecule has 68 valence electrons. The van der Waals surface area contributed by atoms with Gasteiger partial charge in [-0.05, 0) is 12.8 Å². The largest absolute Gasteiger partial charge is 0.385 e. The number of thiazole rings is 1. The van der Waals surface area contributed by atoms with Crippen molar-refractivity contribution in [2.24, 2.45) is 0 Å². The van der Waals surface area contributed by atoms with Crippen LogP contribution in [0.4, 0.5) is 0 Å². The molecule has 3 nitrogen and oxygen atoms in total. The van der Waals surface area contributed by atoms with Crippen LogP contribution in [0.15, 0.2) is 16.4 Å². The Morgan fingerprint density at radius 1 is 1.58 bits per heavy atom. The lowest BCUT2D eigenvalue weighted by atomic mass is 10.3. The van der Waals surface area contributed by atoms with Gasteiger partial charge in [0, 0.05) is 31.8 Å². The topological polar surface area (TPSA) is 31.2 Å². The van der Waals surface area contributed by atoms with Crippen LogP contribution >= 0.6 is 11.3 Å². The Kier molecular flexibility index (Phi) is 4.04. The second-order valence-electron chi connectivity index (χ2n) is 2.56. The molecule has 0 spiro atoms. The van der Waals surface area contributed by atoms with Crippen LogP contribution < -0.4 is 4.87 Å². The third kappa shape index (κ3) is 2.79. The monoisotopic (exact) mass is 187 g/mol.